The van der Waals surface area contributed by atoms with E-state index in [4.69, 9.17) is 35.1 Å². The Morgan fingerprint density at radius 2 is 1.58 bits per heavy atom. The van der Waals surface area contributed by atoms with E-state index in [9.17, 15) is 29.2 Å². The number of benzene rings is 4. The molecule has 4 aromatic carbocycles. The van der Waals surface area contributed by atoms with Crippen LogP contribution >= 0.6 is 29.8 Å². The molecule has 1 aliphatic heterocycles. The molecule has 1 fully saturated rings. The SMILES string of the molecule is COc1ccc(C(OC[C@H]2O[C@@H](n3cc(C)c(=O)[nH]c3=O)C[C@@H]2OP(=O)(O)SCc2ccc(Cl)cc2[N+](=O)[O-])(c2ccccc2)c2ccc(OC)cc2)cc1. The van der Waals surface area contributed by atoms with Crippen molar-refractivity contribution in [2.24, 2.45) is 0 Å². The first kappa shape index (κ1) is 39.9. The number of nitro groups is 1. The summed E-state index contributed by atoms with van der Waals surface area (Å²) in [7, 11) is 3.13. The fraction of sp³-hybridized carbons (Fsp3) is 0.263. The van der Waals surface area contributed by atoms with Gasteiger partial charge in [-0.25, -0.2) is 9.36 Å². The summed E-state index contributed by atoms with van der Waals surface area (Å²) in [5, 5.41) is 11.8. The highest BCUT2D eigenvalue weighted by atomic mass is 35.5. The Kier molecular flexibility index (Phi) is 12.3. The van der Waals surface area contributed by atoms with Gasteiger partial charge in [0.2, 0.25) is 0 Å². The van der Waals surface area contributed by atoms with Crippen LogP contribution in [-0.2, 0) is 29.9 Å². The first-order chi connectivity index (χ1) is 26.3. The van der Waals surface area contributed by atoms with Gasteiger partial charge < -0.3 is 23.8 Å². The molecule has 2 N–H and O–H groups in total. The van der Waals surface area contributed by atoms with E-state index in [-0.39, 0.29) is 40.6 Å². The van der Waals surface area contributed by atoms with Crippen LogP contribution in [-0.4, -0.2) is 52.4 Å². The molecule has 1 saturated heterocycles. The maximum absolute atomic E-state index is 13.7. The second-order valence-corrected chi connectivity index (χ2v) is 16.9. The van der Waals surface area contributed by atoms with Gasteiger partial charge in [-0.1, -0.05) is 66.2 Å². The number of H-pyrrole nitrogens is 1. The molecule has 2 heterocycles. The summed E-state index contributed by atoms with van der Waals surface area (Å²) in [6, 6.07) is 28.2. The number of ether oxygens (including phenoxy) is 4. The van der Waals surface area contributed by atoms with Crippen LogP contribution in [0.4, 0.5) is 5.69 Å². The molecule has 1 aliphatic rings. The molecule has 0 spiro atoms. The molecule has 55 heavy (non-hydrogen) atoms. The number of hydrogen-bond donors (Lipinski definition) is 2. The maximum atomic E-state index is 13.7. The molecule has 0 amide bonds. The monoisotopic (exact) mass is 809 g/mol. The quantitative estimate of drug-likeness (QED) is 0.0473. The summed E-state index contributed by atoms with van der Waals surface area (Å²) in [5.41, 5.74) is -0.305. The summed E-state index contributed by atoms with van der Waals surface area (Å²) < 4.78 is 45.1. The van der Waals surface area contributed by atoms with Crippen molar-refractivity contribution in [1.82, 2.24) is 9.55 Å². The molecule has 5 aromatic rings. The average Bonchev–Trinajstić information content (AvgIpc) is 3.57. The zero-order valence-corrected chi connectivity index (χ0v) is 32.3. The predicted molar refractivity (Wildman–Crippen MR) is 207 cm³/mol. The minimum absolute atomic E-state index is 0.0883. The van der Waals surface area contributed by atoms with Crippen molar-refractivity contribution in [1.29, 1.82) is 0 Å². The Bertz CT molecular complexity index is 2260. The molecule has 6 rings (SSSR count). The summed E-state index contributed by atoms with van der Waals surface area (Å²) in [6.45, 7) is -3.25. The van der Waals surface area contributed by atoms with E-state index in [2.05, 4.69) is 4.98 Å². The highest BCUT2D eigenvalue weighted by molar-refractivity contribution is 8.54. The molecule has 0 aliphatic carbocycles. The minimum atomic E-state index is -4.56. The number of nitro benzene ring substituents is 1. The zero-order valence-electron chi connectivity index (χ0n) is 29.8. The number of hydrogen-bond acceptors (Lipinski definition) is 11. The summed E-state index contributed by atoms with van der Waals surface area (Å²) in [4.78, 5) is 49.7. The van der Waals surface area contributed by atoms with Crippen molar-refractivity contribution in [3.05, 3.63) is 167 Å². The van der Waals surface area contributed by atoms with Crippen LogP contribution in [0.15, 0.2) is 113 Å². The molecule has 1 unspecified atom stereocenters. The normalized spacial score (nSPS) is 18.1. The first-order valence-electron chi connectivity index (χ1n) is 16.9. The van der Waals surface area contributed by atoms with Crippen LogP contribution in [0, 0.1) is 17.0 Å². The number of rotatable bonds is 15. The lowest BCUT2D eigenvalue weighted by molar-refractivity contribution is -0.385. The van der Waals surface area contributed by atoms with Crippen molar-refractivity contribution in [2.45, 2.75) is 43.1 Å². The number of aryl methyl sites for hydroxylation is 1. The molecule has 0 bridgehead atoms. The van der Waals surface area contributed by atoms with Gasteiger partial charge in [-0.15, -0.1) is 0 Å². The Balaban J connectivity index is 1.38. The number of nitrogens with zero attached hydrogens (tertiary/aromatic N) is 2. The lowest BCUT2D eigenvalue weighted by atomic mass is 9.80. The largest absolute Gasteiger partial charge is 0.497 e. The third-order valence-electron chi connectivity index (χ3n) is 9.17. The Morgan fingerprint density at radius 1 is 0.982 bits per heavy atom. The highest BCUT2D eigenvalue weighted by Gasteiger charge is 2.45. The summed E-state index contributed by atoms with van der Waals surface area (Å²) in [5.74, 6) is 1.000. The third-order valence-corrected chi connectivity index (χ3v) is 12.3. The van der Waals surface area contributed by atoms with E-state index in [0.29, 0.717) is 22.9 Å². The van der Waals surface area contributed by atoms with Crippen LogP contribution in [0.25, 0.3) is 0 Å². The third kappa shape index (κ3) is 8.89. The molecular weight excluding hydrogens is 773 g/mol. The maximum Gasteiger partial charge on any atom is 0.387 e. The number of aromatic nitrogens is 2. The van der Waals surface area contributed by atoms with Gasteiger partial charge in [0.25, 0.3) is 11.2 Å². The van der Waals surface area contributed by atoms with Crippen LogP contribution in [0.5, 0.6) is 11.5 Å². The number of halogens is 1. The van der Waals surface area contributed by atoms with Gasteiger partial charge in [0, 0.05) is 40.6 Å². The van der Waals surface area contributed by atoms with Crippen molar-refractivity contribution in [3.63, 3.8) is 0 Å². The average molecular weight is 810 g/mol. The van der Waals surface area contributed by atoms with Crippen molar-refractivity contribution < 1.29 is 37.9 Å². The van der Waals surface area contributed by atoms with Crippen LogP contribution in [0.2, 0.25) is 5.02 Å². The number of aromatic amines is 1. The lowest BCUT2D eigenvalue weighted by Gasteiger charge is -2.37. The first-order valence-corrected chi connectivity index (χ1v) is 20.4. The smallest absolute Gasteiger partial charge is 0.387 e. The van der Waals surface area contributed by atoms with Crippen molar-refractivity contribution in [2.75, 3.05) is 20.8 Å². The summed E-state index contributed by atoms with van der Waals surface area (Å²) in [6.07, 6.45) is -1.95. The topological polar surface area (TPSA) is 181 Å². The Labute approximate surface area is 324 Å². The van der Waals surface area contributed by atoms with Gasteiger partial charge in [-0.2, -0.15) is 0 Å². The molecule has 4 atom stereocenters. The van der Waals surface area contributed by atoms with E-state index < -0.39 is 47.0 Å². The zero-order chi connectivity index (χ0) is 39.3. The van der Waals surface area contributed by atoms with Crippen LogP contribution in [0.1, 0.15) is 40.5 Å². The van der Waals surface area contributed by atoms with E-state index >= 15 is 0 Å². The lowest BCUT2D eigenvalue weighted by Crippen LogP contribution is -2.38. The number of methoxy groups -OCH3 is 2. The second-order valence-electron chi connectivity index (χ2n) is 12.6. The van der Waals surface area contributed by atoms with Gasteiger partial charge in [0.1, 0.15) is 35.5 Å². The fourth-order valence-corrected chi connectivity index (χ4v) is 9.15. The molecule has 14 nitrogen and oxygen atoms in total. The van der Waals surface area contributed by atoms with E-state index in [1.165, 1.54) is 29.8 Å². The Morgan fingerprint density at radius 3 is 2.16 bits per heavy atom. The van der Waals surface area contributed by atoms with Crippen molar-refractivity contribution in [3.8, 4) is 11.5 Å². The van der Waals surface area contributed by atoms with E-state index in [1.54, 1.807) is 14.2 Å². The molecule has 17 heteroatoms. The van der Waals surface area contributed by atoms with Gasteiger partial charge in [0.15, 0.2) is 0 Å². The van der Waals surface area contributed by atoms with Gasteiger partial charge in [-0.05, 0) is 71.4 Å². The molecule has 0 saturated carbocycles. The fourth-order valence-electron chi connectivity index (χ4n) is 6.40. The van der Waals surface area contributed by atoms with Gasteiger partial charge in [0.05, 0.1) is 25.7 Å². The minimum Gasteiger partial charge on any atom is -0.497 e. The molecule has 288 valence electrons. The molecule has 0 radical (unpaired) electrons. The van der Waals surface area contributed by atoms with Gasteiger partial charge >= 0.3 is 12.5 Å². The highest BCUT2D eigenvalue weighted by Crippen LogP contribution is 2.60. The Hall–Kier alpha value is -4.73. The summed E-state index contributed by atoms with van der Waals surface area (Å²) >= 11 is 6.45. The molecule has 1 aromatic heterocycles. The second kappa shape index (κ2) is 17.0. The standard InChI is InChI=1S/C38H37ClN3O11PS/c1-24-21-41(37(44)40-36(24)43)35-20-33(53-54(47,48)55-23-25-9-14-29(39)19-32(25)42(45)46)34(52-35)22-51-38(26-7-5-4-6-8-26,27-10-15-30(49-2)16-11-27)28-12-17-31(50-3)18-13-28/h4-19,21,33-35H,20,22-23H2,1-3H3,(H,47,48)(H,40,43,44)/t33-,34+,35+/m0/s1. The van der Waals surface area contributed by atoms with Crippen LogP contribution < -0.4 is 20.7 Å². The predicted octanol–water partition coefficient (Wildman–Crippen LogP) is 7.14. The van der Waals surface area contributed by atoms with E-state index in [1.807, 2.05) is 78.9 Å². The van der Waals surface area contributed by atoms with Crippen molar-refractivity contribution >= 4 is 35.5 Å². The molecular formula is C38H37ClN3O11PS. The van der Waals surface area contributed by atoms with E-state index in [0.717, 1.165) is 22.8 Å². The number of nitrogens with one attached hydrogen (secondary N) is 1. The van der Waals surface area contributed by atoms with Gasteiger partial charge in [-0.3, -0.25) is 29.0 Å². The van der Waals surface area contributed by atoms with Crippen LogP contribution in [0.3, 0.4) is 0 Å².